The van der Waals surface area contributed by atoms with Crippen LogP contribution in [0.1, 0.15) is 35.2 Å². The Kier molecular flexibility index (Phi) is 6.11. The van der Waals surface area contributed by atoms with Gasteiger partial charge in [-0.1, -0.05) is 12.5 Å². The lowest BCUT2D eigenvalue weighted by atomic mass is 9.87. The monoisotopic (exact) mass is 405 g/mol. The summed E-state index contributed by atoms with van der Waals surface area (Å²) < 4.78 is 32.6. The lowest BCUT2D eigenvalue weighted by molar-refractivity contribution is 0.0599. The number of benzene rings is 2. The van der Waals surface area contributed by atoms with E-state index in [1.54, 1.807) is 25.1 Å². The molecular weight excluding hydrogens is 382 g/mol. The van der Waals surface area contributed by atoms with Crippen LogP contribution in [0.15, 0.2) is 52.3 Å². The highest BCUT2D eigenvalue weighted by molar-refractivity contribution is 7.99. The maximum atomic E-state index is 12.7. The van der Waals surface area contributed by atoms with E-state index in [4.69, 9.17) is 4.74 Å². The number of carbonyl (C=O) groups excluding carboxylic acids is 1. The van der Waals surface area contributed by atoms with Gasteiger partial charge in [0, 0.05) is 16.3 Å². The molecule has 0 spiro atoms. The number of nitrogens with one attached hydrogen (secondary N) is 1. The van der Waals surface area contributed by atoms with Crippen molar-refractivity contribution in [2.45, 2.75) is 36.0 Å². The molecule has 0 radical (unpaired) electrons. The van der Waals surface area contributed by atoms with E-state index in [2.05, 4.69) is 4.72 Å². The average molecular weight is 406 g/mol. The van der Waals surface area contributed by atoms with Crippen LogP contribution in [0.4, 0.5) is 5.69 Å². The fourth-order valence-electron chi connectivity index (χ4n) is 2.80. The summed E-state index contributed by atoms with van der Waals surface area (Å²) >= 11 is 1.81. The van der Waals surface area contributed by atoms with E-state index in [1.807, 2.05) is 23.9 Å². The van der Waals surface area contributed by atoms with Crippen molar-refractivity contribution in [3.8, 4) is 0 Å². The van der Waals surface area contributed by atoms with Crippen molar-refractivity contribution >= 4 is 33.4 Å². The van der Waals surface area contributed by atoms with E-state index in [9.17, 15) is 13.2 Å². The number of hydrogen-bond acceptors (Lipinski definition) is 5. The Morgan fingerprint density at radius 1 is 1.19 bits per heavy atom. The third-order valence-electron chi connectivity index (χ3n) is 4.74. The number of hydrogen-bond donors (Lipinski definition) is 1. The number of thioether (sulfide) groups is 1. The maximum absolute atomic E-state index is 12.7. The quantitative estimate of drug-likeness (QED) is 0.543. The van der Waals surface area contributed by atoms with Crippen molar-refractivity contribution in [3.05, 3.63) is 53.6 Å². The first-order chi connectivity index (χ1) is 12.9. The summed E-state index contributed by atoms with van der Waals surface area (Å²) in [4.78, 5) is 13.0. The summed E-state index contributed by atoms with van der Waals surface area (Å²) in [6, 6.07) is 11.8. The molecule has 0 aromatic heterocycles. The fraction of sp³-hybridized carbons (Fsp3) is 0.350. The van der Waals surface area contributed by atoms with Crippen molar-refractivity contribution in [3.63, 3.8) is 0 Å². The summed E-state index contributed by atoms with van der Waals surface area (Å²) in [6.45, 7) is 1.73. The molecule has 3 rings (SSSR count). The van der Waals surface area contributed by atoms with Crippen LogP contribution in [-0.2, 0) is 14.8 Å². The average Bonchev–Trinajstić information content (AvgIpc) is 2.61. The number of aryl methyl sites for hydroxylation is 1. The third kappa shape index (κ3) is 4.84. The molecule has 144 valence electrons. The molecule has 0 saturated heterocycles. The molecule has 0 atom stereocenters. The third-order valence-corrected chi connectivity index (χ3v) is 7.36. The second-order valence-corrected chi connectivity index (χ2v) is 9.48. The predicted octanol–water partition coefficient (Wildman–Crippen LogP) is 4.47. The standard InChI is InChI=1S/C20H23NO4S2/c1-14-6-11-18(12-19(14)20(22)25-2)27(23,24)21-16-7-9-17(10-8-16)26-13-15-4-3-5-15/h6-12,15,21H,3-5,13H2,1-2H3. The van der Waals surface area contributed by atoms with Gasteiger partial charge in [0.15, 0.2) is 0 Å². The van der Waals surface area contributed by atoms with Gasteiger partial charge in [-0.2, -0.15) is 0 Å². The minimum absolute atomic E-state index is 0.0249. The second kappa shape index (κ2) is 8.35. The highest BCUT2D eigenvalue weighted by Gasteiger charge is 2.19. The number of esters is 1. The Morgan fingerprint density at radius 2 is 1.89 bits per heavy atom. The summed E-state index contributed by atoms with van der Waals surface area (Å²) in [6.07, 6.45) is 3.96. The largest absolute Gasteiger partial charge is 0.465 e. The highest BCUT2D eigenvalue weighted by Crippen LogP contribution is 2.33. The van der Waals surface area contributed by atoms with E-state index in [-0.39, 0.29) is 10.5 Å². The molecule has 1 fully saturated rings. The maximum Gasteiger partial charge on any atom is 0.338 e. The zero-order valence-electron chi connectivity index (χ0n) is 15.4. The van der Waals surface area contributed by atoms with Crippen molar-refractivity contribution in [1.29, 1.82) is 0 Å². The first kappa shape index (κ1) is 19.8. The Bertz CT molecular complexity index is 919. The van der Waals surface area contributed by atoms with Crippen LogP contribution in [0.3, 0.4) is 0 Å². The molecular formula is C20H23NO4S2. The minimum atomic E-state index is -3.79. The number of carbonyl (C=O) groups is 1. The van der Waals surface area contributed by atoms with Crippen molar-refractivity contribution in [1.82, 2.24) is 0 Å². The number of rotatable bonds is 7. The molecule has 7 heteroatoms. The molecule has 1 aliphatic carbocycles. The van der Waals surface area contributed by atoms with E-state index < -0.39 is 16.0 Å². The van der Waals surface area contributed by atoms with Crippen LogP contribution in [0.2, 0.25) is 0 Å². The molecule has 0 heterocycles. The first-order valence-electron chi connectivity index (χ1n) is 8.84. The number of ether oxygens (including phenoxy) is 1. The van der Waals surface area contributed by atoms with Gasteiger partial charge in [-0.3, -0.25) is 4.72 Å². The summed E-state index contributed by atoms with van der Waals surface area (Å²) in [5.74, 6) is 1.38. The van der Waals surface area contributed by atoms with Gasteiger partial charge in [0.25, 0.3) is 10.0 Å². The van der Waals surface area contributed by atoms with Crippen molar-refractivity contribution in [2.75, 3.05) is 17.6 Å². The van der Waals surface area contributed by atoms with Crippen LogP contribution >= 0.6 is 11.8 Å². The molecule has 2 aromatic carbocycles. The topological polar surface area (TPSA) is 72.5 Å². The second-order valence-electron chi connectivity index (χ2n) is 6.71. The van der Waals surface area contributed by atoms with Crippen molar-refractivity contribution < 1.29 is 17.9 Å². The van der Waals surface area contributed by atoms with E-state index in [1.165, 1.54) is 38.5 Å². The van der Waals surface area contributed by atoms with E-state index in [0.717, 1.165) is 16.6 Å². The van der Waals surface area contributed by atoms with Crippen LogP contribution in [0.25, 0.3) is 0 Å². The van der Waals surface area contributed by atoms with Gasteiger partial charge in [-0.25, -0.2) is 13.2 Å². The number of sulfonamides is 1. The minimum Gasteiger partial charge on any atom is -0.465 e. The Balaban J connectivity index is 1.71. The Morgan fingerprint density at radius 3 is 2.48 bits per heavy atom. The van der Waals surface area contributed by atoms with Gasteiger partial charge in [-0.05, 0) is 67.6 Å². The lowest BCUT2D eigenvalue weighted by Crippen LogP contribution is -2.14. The van der Waals surface area contributed by atoms with Gasteiger partial charge in [0.2, 0.25) is 0 Å². The van der Waals surface area contributed by atoms with Crippen LogP contribution < -0.4 is 4.72 Å². The van der Waals surface area contributed by atoms with Gasteiger partial charge >= 0.3 is 5.97 Å². The molecule has 0 bridgehead atoms. The van der Waals surface area contributed by atoms with Crippen molar-refractivity contribution in [2.24, 2.45) is 5.92 Å². The Hall–Kier alpha value is -1.99. The molecule has 0 unspecified atom stereocenters. The number of anilines is 1. The Labute approximate surface area is 164 Å². The molecule has 0 aliphatic heterocycles. The van der Waals surface area contributed by atoms with Gasteiger partial charge in [0.05, 0.1) is 17.6 Å². The predicted molar refractivity (Wildman–Crippen MR) is 108 cm³/mol. The molecule has 1 aliphatic rings. The van der Waals surface area contributed by atoms with Crippen LogP contribution in [-0.4, -0.2) is 27.2 Å². The number of methoxy groups -OCH3 is 1. The molecule has 1 saturated carbocycles. The van der Waals surface area contributed by atoms with Gasteiger partial charge in [0.1, 0.15) is 0 Å². The van der Waals surface area contributed by atoms with Gasteiger partial charge < -0.3 is 4.74 Å². The summed E-state index contributed by atoms with van der Waals surface area (Å²) in [5, 5.41) is 0. The SMILES string of the molecule is COC(=O)c1cc(S(=O)(=O)Nc2ccc(SCC3CCC3)cc2)ccc1C. The lowest BCUT2D eigenvalue weighted by Gasteiger charge is -2.24. The summed E-state index contributed by atoms with van der Waals surface area (Å²) in [7, 11) is -2.52. The summed E-state index contributed by atoms with van der Waals surface area (Å²) in [5.41, 5.74) is 1.39. The normalized spacial score (nSPS) is 14.4. The van der Waals surface area contributed by atoms with E-state index >= 15 is 0 Å². The zero-order valence-corrected chi connectivity index (χ0v) is 17.0. The molecule has 1 N–H and O–H groups in total. The molecule has 2 aromatic rings. The van der Waals surface area contributed by atoms with Crippen LogP contribution in [0, 0.1) is 12.8 Å². The smallest absolute Gasteiger partial charge is 0.338 e. The highest BCUT2D eigenvalue weighted by atomic mass is 32.2. The molecule has 27 heavy (non-hydrogen) atoms. The van der Waals surface area contributed by atoms with E-state index in [0.29, 0.717) is 11.3 Å². The van der Waals surface area contributed by atoms with Gasteiger partial charge in [-0.15, -0.1) is 11.8 Å². The first-order valence-corrected chi connectivity index (χ1v) is 11.3. The molecule has 0 amide bonds. The fourth-order valence-corrected chi connectivity index (χ4v) is 4.98. The van der Waals surface area contributed by atoms with Crippen LogP contribution in [0.5, 0.6) is 0 Å². The molecule has 5 nitrogen and oxygen atoms in total. The zero-order chi connectivity index (χ0) is 19.4.